The Hall–Kier alpha value is -1.81. The van der Waals surface area contributed by atoms with E-state index in [2.05, 4.69) is 0 Å². The third-order valence-electron chi connectivity index (χ3n) is 3.52. The summed E-state index contributed by atoms with van der Waals surface area (Å²) >= 11 is 0. The SMILES string of the molecule is CS(=O)(=O)N(CC(=O)N1CCOCC1)c1ccccc1C(F)(F)F. The Kier molecular flexibility index (Phi) is 5.38. The standard InChI is InChI=1S/C14H17F3N2O4S/c1-24(21,22)19(10-13(20)18-6-8-23-9-7-18)12-5-3-2-4-11(12)14(15,16)17/h2-5H,6-10H2,1H3. The van der Waals surface area contributed by atoms with Crippen molar-refractivity contribution in [3.05, 3.63) is 29.8 Å². The summed E-state index contributed by atoms with van der Waals surface area (Å²) in [4.78, 5) is 13.6. The summed E-state index contributed by atoms with van der Waals surface area (Å²) in [5.74, 6) is -0.569. The molecule has 1 aliphatic heterocycles. The van der Waals surface area contributed by atoms with Crippen LogP contribution in [0.3, 0.4) is 0 Å². The summed E-state index contributed by atoms with van der Waals surface area (Å²) in [7, 11) is -4.08. The topological polar surface area (TPSA) is 66.9 Å². The third-order valence-corrected chi connectivity index (χ3v) is 4.65. The van der Waals surface area contributed by atoms with Crippen LogP contribution in [0.1, 0.15) is 5.56 Å². The first kappa shape index (κ1) is 18.5. The van der Waals surface area contributed by atoms with Crippen molar-refractivity contribution in [2.24, 2.45) is 0 Å². The molecule has 0 bridgehead atoms. The molecule has 1 saturated heterocycles. The first-order valence-corrected chi connectivity index (χ1v) is 8.95. The normalized spacial score (nSPS) is 16.1. The lowest BCUT2D eigenvalue weighted by molar-refractivity contribution is -0.137. The number of amides is 1. The van der Waals surface area contributed by atoms with E-state index in [-0.39, 0.29) is 13.1 Å². The van der Waals surface area contributed by atoms with Crippen LogP contribution < -0.4 is 4.31 Å². The van der Waals surface area contributed by atoms with E-state index >= 15 is 0 Å². The molecule has 1 heterocycles. The van der Waals surface area contributed by atoms with Crippen LogP contribution in [0.15, 0.2) is 24.3 Å². The van der Waals surface area contributed by atoms with Crippen LogP contribution in [0, 0.1) is 0 Å². The molecule has 2 rings (SSSR count). The number of halogens is 3. The maximum atomic E-state index is 13.2. The number of carbonyl (C=O) groups is 1. The van der Waals surface area contributed by atoms with Crippen molar-refractivity contribution in [2.75, 3.05) is 43.4 Å². The Morgan fingerprint density at radius 1 is 1.25 bits per heavy atom. The van der Waals surface area contributed by atoms with Gasteiger partial charge in [-0.3, -0.25) is 9.10 Å². The van der Waals surface area contributed by atoms with E-state index in [1.54, 1.807) is 0 Å². The largest absolute Gasteiger partial charge is 0.418 e. The van der Waals surface area contributed by atoms with Crippen LogP contribution in [0.4, 0.5) is 18.9 Å². The lowest BCUT2D eigenvalue weighted by Crippen LogP contribution is -2.47. The third kappa shape index (κ3) is 4.38. The molecule has 0 saturated carbocycles. The van der Waals surface area contributed by atoms with Gasteiger partial charge in [-0.1, -0.05) is 12.1 Å². The van der Waals surface area contributed by atoms with Crippen molar-refractivity contribution in [1.29, 1.82) is 0 Å². The van der Waals surface area contributed by atoms with Crippen molar-refractivity contribution in [2.45, 2.75) is 6.18 Å². The number of carbonyl (C=O) groups excluding carboxylic acids is 1. The van der Waals surface area contributed by atoms with Crippen LogP contribution in [-0.2, 0) is 25.7 Å². The van der Waals surface area contributed by atoms with Gasteiger partial charge < -0.3 is 9.64 Å². The second-order valence-electron chi connectivity index (χ2n) is 5.28. The maximum absolute atomic E-state index is 13.2. The van der Waals surface area contributed by atoms with Crippen molar-refractivity contribution < 1.29 is 31.1 Å². The number of sulfonamides is 1. The number of ether oxygens (including phenoxy) is 1. The van der Waals surface area contributed by atoms with Gasteiger partial charge in [-0.2, -0.15) is 13.2 Å². The zero-order chi connectivity index (χ0) is 18.0. The molecule has 0 spiro atoms. The van der Waals surface area contributed by atoms with E-state index in [4.69, 9.17) is 4.74 Å². The molecule has 0 unspecified atom stereocenters. The van der Waals surface area contributed by atoms with E-state index < -0.39 is 39.9 Å². The van der Waals surface area contributed by atoms with E-state index in [0.29, 0.717) is 17.5 Å². The second-order valence-corrected chi connectivity index (χ2v) is 7.18. The molecule has 1 aliphatic rings. The Morgan fingerprint density at radius 2 is 1.83 bits per heavy atom. The molecule has 1 fully saturated rings. The van der Waals surface area contributed by atoms with Crippen LogP contribution in [0.2, 0.25) is 0 Å². The van der Waals surface area contributed by atoms with Crippen molar-refractivity contribution in [3.63, 3.8) is 0 Å². The summed E-state index contributed by atoms with van der Waals surface area (Å²) in [6.07, 6.45) is -3.96. The highest BCUT2D eigenvalue weighted by atomic mass is 32.2. The van der Waals surface area contributed by atoms with Crippen molar-refractivity contribution in [3.8, 4) is 0 Å². The summed E-state index contributed by atoms with van der Waals surface area (Å²) in [6.45, 7) is 0.480. The molecule has 134 valence electrons. The van der Waals surface area contributed by atoms with Gasteiger partial charge in [0.1, 0.15) is 6.54 Å². The highest BCUT2D eigenvalue weighted by Crippen LogP contribution is 2.37. The molecule has 0 atom stereocenters. The molecule has 0 aromatic heterocycles. The molecule has 6 nitrogen and oxygen atoms in total. The fourth-order valence-corrected chi connectivity index (χ4v) is 3.21. The van der Waals surface area contributed by atoms with Gasteiger partial charge >= 0.3 is 6.18 Å². The molecule has 24 heavy (non-hydrogen) atoms. The highest BCUT2D eigenvalue weighted by Gasteiger charge is 2.37. The first-order valence-electron chi connectivity index (χ1n) is 7.10. The summed E-state index contributed by atoms with van der Waals surface area (Å²) < 4.78 is 69.0. The summed E-state index contributed by atoms with van der Waals surface area (Å²) in [5.41, 5.74) is -1.67. The monoisotopic (exact) mass is 366 g/mol. The van der Waals surface area contributed by atoms with Gasteiger partial charge in [-0.05, 0) is 12.1 Å². The number of para-hydroxylation sites is 1. The molecule has 1 aromatic rings. The molecule has 0 aliphatic carbocycles. The van der Waals surface area contributed by atoms with Crippen molar-refractivity contribution in [1.82, 2.24) is 4.90 Å². The van der Waals surface area contributed by atoms with Crippen LogP contribution in [0.5, 0.6) is 0 Å². The van der Waals surface area contributed by atoms with Gasteiger partial charge in [0.15, 0.2) is 0 Å². The summed E-state index contributed by atoms with van der Waals surface area (Å²) in [6, 6.07) is 4.28. The fraction of sp³-hybridized carbons (Fsp3) is 0.500. The van der Waals surface area contributed by atoms with E-state index in [1.165, 1.54) is 11.0 Å². The number of anilines is 1. The average Bonchev–Trinajstić information content (AvgIpc) is 2.51. The van der Waals surface area contributed by atoms with Gasteiger partial charge in [0.25, 0.3) is 0 Å². The van der Waals surface area contributed by atoms with E-state index in [9.17, 15) is 26.4 Å². The van der Waals surface area contributed by atoms with Crippen LogP contribution in [0.25, 0.3) is 0 Å². The van der Waals surface area contributed by atoms with Crippen LogP contribution in [-0.4, -0.2) is 58.3 Å². The molecule has 10 heteroatoms. The zero-order valence-electron chi connectivity index (χ0n) is 12.9. The van der Waals surface area contributed by atoms with Gasteiger partial charge in [0, 0.05) is 13.1 Å². The number of nitrogens with zero attached hydrogens (tertiary/aromatic N) is 2. The smallest absolute Gasteiger partial charge is 0.378 e. The predicted molar refractivity (Wildman–Crippen MR) is 81.0 cm³/mol. The van der Waals surface area contributed by atoms with E-state index in [1.807, 2.05) is 0 Å². The average molecular weight is 366 g/mol. The minimum absolute atomic E-state index is 0.275. The van der Waals surface area contributed by atoms with Crippen LogP contribution >= 0.6 is 0 Å². The number of benzene rings is 1. The van der Waals surface area contributed by atoms with E-state index in [0.717, 1.165) is 24.5 Å². The number of alkyl halides is 3. The lowest BCUT2D eigenvalue weighted by Gasteiger charge is -2.30. The number of morpholine rings is 1. The Morgan fingerprint density at radius 3 is 2.38 bits per heavy atom. The first-order chi connectivity index (χ1) is 11.1. The Balaban J connectivity index is 2.36. The molecule has 0 N–H and O–H groups in total. The number of rotatable bonds is 4. The molecular formula is C14H17F3N2O4S. The molecular weight excluding hydrogens is 349 g/mol. The fourth-order valence-electron chi connectivity index (χ4n) is 2.35. The molecule has 1 aromatic carbocycles. The minimum Gasteiger partial charge on any atom is -0.378 e. The van der Waals surface area contributed by atoms with Gasteiger partial charge in [-0.25, -0.2) is 8.42 Å². The van der Waals surface area contributed by atoms with Gasteiger partial charge in [0.2, 0.25) is 15.9 Å². The maximum Gasteiger partial charge on any atom is 0.418 e. The Bertz CT molecular complexity index is 700. The molecule has 0 radical (unpaired) electrons. The zero-order valence-corrected chi connectivity index (χ0v) is 13.7. The minimum atomic E-state index is -4.73. The van der Waals surface area contributed by atoms with Gasteiger partial charge in [-0.15, -0.1) is 0 Å². The predicted octanol–water partition coefficient (Wildman–Crippen LogP) is 1.33. The second kappa shape index (κ2) is 6.98. The molecule has 1 amide bonds. The quantitative estimate of drug-likeness (QED) is 0.806. The van der Waals surface area contributed by atoms with Gasteiger partial charge in [0.05, 0.1) is 30.7 Å². The number of hydrogen-bond acceptors (Lipinski definition) is 4. The van der Waals surface area contributed by atoms with Crippen molar-refractivity contribution >= 4 is 21.6 Å². The lowest BCUT2D eigenvalue weighted by atomic mass is 10.1. The number of hydrogen-bond donors (Lipinski definition) is 0. The summed E-state index contributed by atoms with van der Waals surface area (Å²) in [5, 5.41) is 0. The Labute approximate surface area is 137 Å². The highest BCUT2D eigenvalue weighted by molar-refractivity contribution is 7.92.